The van der Waals surface area contributed by atoms with Crippen LogP contribution in [0.4, 0.5) is 0 Å². The van der Waals surface area contributed by atoms with Gasteiger partial charge in [-0.2, -0.15) is 0 Å². The van der Waals surface area contributed by atoms with Crippen molar-refractivity contribution < 1.29 is 14.3 Å². The summed E-state index contributed by atoms with van der Waals surface area (Å²) in [4.78, 5) is 18.9. The zero-order chi connectivity index (χ0) is 12.2. The minimum Gasteiger partial charge on any atom is -0.466 e. The van der Waals surface area contributed by atoms with E-state index in [4.69, 9.17) is 4.74 Å². The van der Waals surface area contributed by atoms with Crippen molar-refractivity contribution in [1.29, 1.82) is 0 Å². The van der Waals surface area contributed by atoms with E-state index in [0.29, 0.717) is 5.88 Å². The topological polar surface area (TPSA) is 61.3 Å². The minimum atomic E-state index is -0.432. The van der Waals surface area contributed by atoms with E-state index in [1.807, 2.05) is 20.8 Å². The number of nitrogens with zero attached hydrogens (tertiary/aromatic N) is 2. The zero-order valence-electron chi connectivity index (χ0n) is 9.98. The molecule has 0 unspecified atom stereocenters. The molecule has 0 radical (unpaired) electrons. The number of ether oxygens (including phenoxy) is 2. The molecule has 88 valence electrons. The van der Waals surface area contributed by atoms with Crippen LogP contribution in [-0.2, 0) is 14.9 Å². The number of rotatable bonds is 3. The summed E-state index contributed by atoms with van der Waals surface area (Å²) >= 11 is 0. The van der Waals surface area contributed by atoms with Gasteiger partial charge in [-0.3, -0.25) is 0 Å². The van der Waals surface area contributed by atoms with Crippen molar-refractivity contribution in [2.45, 2.75) is 26.2 Å². The van der Waals surface area contributed by atoms with Crippen molar-refractivity contribution in [1.82, 2.24) is 9.97 Å². The van der Waals surface area contributed by atoms with Gasteiger partial charge in [-0.15, -0.1) is 0 Å². The van der Waals surface area contributed by atoms with Crippen LogP contribution in [0, 0.1) is 0 Å². The van der Waals surface area contributed by atoms with E-state index >= 15 is 0 Å². The average molecular weight is 224 g/mol. The highest BCUT2D eigenvalue weighted by Gasteiger charge is 2.20. The van der Waals surface area contributed by atoms with E-state index in [9.17, 15) is 4.79 Å². The number of esters is 1. The van der Waals surface area contributed by atoms with Gasteiger partial charge in [-0.05, 0) is 5.41 Å². The number of aromatic nitrogens is 2. The van der Waals surface area contributed by atoms with Crippen LogP contribution in [0.15, 0.2) is 12.5 Å². The molecule has 0 N–H and O–H groups in total. The number of hydrogen-bond donors (Lipinski definition) is 0. The Balaban J connectivity index is 2.84. The predicted octanol–water partition coefficient (Wildman–Crippen LogP) is 1.33. The van der Waals surface area contributed by atoms with Crippen LogP contribution in [0.5, 0.6) is 5.88 Å². The fraction of sp³-hybridized carbons (Fsp3) is 0.545. The second-order valence-corrected chi connectivity index (χ2v) is 4.36. The smallest absolute Gasteiger partial charge is 0.343 e. The Labute approximate surface area is 94.8 Å². The van der Waals surface area contributed by atoms with Crippen LogP contribution < -0.4 is 4.74 Å². The molecule has 5 nitrogen and oxygen atoms in total. The second-order valence-electron chi connectivity index (χ2n) is 4.36. The van der Waals surface area contributed by atoms with Gasteiger partial charge >= 0.3 is 5.97 Å². The van der Waals surface area contributed by atoms with E-state index in [1.54, 1.807) is 6.20 Å². The van der Waals surface area contributed by atoms with Gasteiger partial charge < -0.3 is 9.47 Å². The first kappa shape index (κ1) is 12.4. The molecule has 16 heavy (non-hydrogen) atoms. The van der Waals surface area contributed by atoms with Gasteiger partial charge in [-0.1, -0.05) is 20.8 Å². The zero-order valence-corrected chi connectivity index (χ0v) is 9.98. The normalized spacial score (nSPS) is 11.0. The first-order chi connectivity index (χ1) is 7.45. The molecule has 0 fully saturated rings. The summed E-state index contributed by atoms with van der Waals surface area (Å²) in [5.41, 5.74) is 0.728. The van der Waals surface area contributed by atoms with Crippen LogP contribution in [0.25, 0.3) is 0 Å². The Morgan fingerprint density at radius 2 is 2.12 bits per heavy atom. The molecule has 5 heteroatoms. The van der Waals surface area contributed by atoms with Gasteiger partial charge in [0.15, 0.2) is 6.61 Å². The van der Waals surface area contributed by atoms with E-state index in [-0.39, 0.29) is 12.0 Å². The molecule has 1 aromatic rings. The van der Waals surface area contributed by atoms with Gasteiger partial charge in [0.2, 0.25) is 5.88 Å². The predicted molar refractivity (Wildman–Crippen MR) is 58.2 cm³/mol. The first-order valence-electron chi connectivity index (χ1n) is 4.95. The Kier molecular flexibility index (Phi) is 3.82. The maximum absolute atomic E-state index is 11.0. The minimum absolute atomic E-state index is 0.132. The van der Waals surface area contributed by atoms with E-state index in [2.05, 4.69) is 14.7 Å². The molecule has 0 aliphatic heterocycles. The van der Waals surface area contributed by atoms with Crippen molar-refractivity contribution in [3.63, 3.8) is 0 Å². The standard InChI is InChI=1S/C11H16N2O3/c1-11(2,3)8-5-12-7-13-10(8)16-6-9(14)15-4/h5,7H,6H2,1-4H3. The highest BCUT2D eigenvalue weighted by atomic mass is 16.6. The Morgan fingerprint density at radius 1 is 1.44 bits per heavy atom. The van der Waals surface area contributed by atoms with Crippen molar-refractivity contribution >= 4 is 5.97 Å². The maximum atomic E-state index is 11.0. The van der Waals surface area contributed by atoms with Crippen molar-refractivity contribution in [2.24, 2.45) is 0 Å². The fourth-order valence-electron chi connectivity index (χ4n) is 1.13. The summed E-state index contributed by atoms with van der Waals surface area (Å²) in [6, 6.07) is 0. The molecule has 0 aliphatic carbocycles. The maximum Gasteiger partial charge on any atom is 0.343 e. The summed E-state index contributed by atoms with van der Waals surface area (Å²) < 4.78 is 9.78. The molecule has 0 amide bonds. The summed E-state index contributed by atoms with van der Waals surface area (Å²) in [5.74, 6) is -0.00799. The average Bonchev–Trinajstić information content (AvgIpc) is 2.25. The molecule has 1 rings (SSSR count). The van der Waals surface area contributed by atoms with Crippen LogP contribution >= 0.6 is 0 Å². The number of hydrogen-bond acceptors (Lipinski definition) is 5. The summed E-state index contributed by atoms with van der Waals surface area (Å²) in [5, 5.41) is 0. The largest absolute Gasteiger partial charge is 0.466 e. The van der Waals surface area contributed by atoms with Crippen LogP contribution in [0.1, 0.15) is 26.3 Å². The Bertz CT molecular complexity index is 372. The molecule has 0 bridgehead atoms. The lowest BCUT2D eigenvalue weighted by molar-refractivity contribution is -0.143. The molecule has 0 saturated carbocycles. The molecular weight excluding hydrogens is 208 g/mol. The van der Waals surface area contributed by atoms with E-state index in [1.165, 1.54) is 13.4 Å². The van der Waals surface area contributed by atoms with Gasteiger partial charge in [0.05, 0.1) is 7.11 Å². The first-order valence-corrected chi connectivity index (χ1v) is 4.95. The third-order valence-electron chi connectivity index (χ3n) is 2.04. The number of carbonyl (C=O) groups is 1. The van der Waals surface area contributed by atoms with Crippen molar-refractivity contribution in [3.8, 4) is 5.88 Å². The molecule has 0 aliphatic rings. The van der Waals surface area contributed by atoms with Crippen LogP contribution in [0.3, 0.4) is 0 Å². The van der Waals surface area contributed by atoms with Gasteiger partial charge in [0.25, 0.3) is 0 Å². The molecule has 0 saturated heterocycles. The third kappa shape index (κ3) is 3.18. The summed E-state index contributed by atoms with van der Waals surface area (Å²) in [7, 11) is 1.32. The molecular formula is C11H16N2O3. The summed E-state index contributed by atoms with van der Waals surface area (Å²) in [6.07, 6.45) is 3.08. The monoisotopic (exact) mass is 224 g/mol. The molecule has 0 aromatic carbocycles. The molecule has 0 spiro atoms. The third-order valence-corrected chi connectivity index (χ3v) is 2.04. The highest BCUT2D eigenvalue weighted by molar-refractivity contribution is 5.70. The number of methoxy groups -OCH3 is 1. The van der Waals surface area contributed by atoms with Crippen molar-refractivity contribution in [3.05, 3.63) is 18.1 Å². The lowest BCUT2D eigenvalue weighted by atomic mass is 9.89. The second kappa shape index (κ2) is 4.92. The SMILES string of the molecule is COC(=O)COc1ncncc1C(C)(C)C. The quantitative estimate of drug-likeness (QED) is 0.725. The van der Waals surface area contributed by atoms with Crippen LogP contribution in [0.2, 0.25) is 0 Å². The van der Waals surface area contributed by atoms with Crippen molar-refractivity contribution in [2.75, 3.05) is 13.7 Å². The summed E-state index contributed by atoms with van der Waals surface area (Å²) in [6.45, 7) is 5.93. The highest BCUT2D eigenvalue weighted by Crippen LogP contribution is 2.28. The molecule has 0 atom stereocenters. The Hall–Kier alpha value is -1.65. The van der Waals surface area contributed by atoms with Gasteiger partial charge in [0, 0.05) is 11.8 Å². The lowest BCUT2D eigenvalue weighted by Crippen LogP contribution is -2.18. The molecule has 1 heterocycles. The molecule has 1 aromatic heterocycles. The van der Waals surface area contributed by atoms with Gasteiger partial charge in [0.1, 0.15) is 6.33 Å². The van der Waals surface area contributed by atoms with Gasteiger partial charge in [-0.25, -0.2) is 14.8 Å². The van der Waals surface area contributed by atoms with Crippen LogP contribution in [-0.4, -0.2) is 29.7 Å². The number of carbonyl (C=O) groups excluding carboxylic acids is 1. The van der Waals surface area contributed by atoms with E-state index < -0.39 is 5.97 Å². The van der Waals surface area contributed by atoms with E-state index in [0.717, 1.165) is 5.56 Å². The fourth-order valence-corrected chi connectivity index (χ4v) is 1.13. The lowest BCUT2D eigenvalue weighted by Gasteiger charge is -2.20. The Morgan fingerprint density at radius 3 is 2.69 bits per heavy atom.